The maximum absolute atomic E-state index is 13.1. The number of hydrogen-bond acceptors (Lipinski definition) is 11. The normalized spacial score (nSPS) is 22.0. The fourth-order valence-electron chi connectivity index (χ4n) is 3.63. The van der Waals surface area contributed by atoms with Crippen molar-refractivity contribution in [3.63, 3.8) is 0 Å². The summed E-state index contributed by atoms with van der Waals surface area (Å²) in [6.45, 7) is 3.67. The Morgan fingerprint density at radius 3 is 2.42 bits per heavy atom. The van der Waals surface area contributed by atoms with E-state index in [1.807, 2.05) is 0 Å². The van der Waals surface area contributed by atoms with Crippen LogP contribution in [0.5, 0.6) is 0 Å². The lowest BCUT2D eigenvalue weighted by atomic mass is 10.1. The summed E-state index contributed by atoms with van der Waals surface area (Å²) >= 11 is 12.9. The largest absolute Gasteiger partial charge is 0.463 e. The zero-order valence-corrected chi connectivity index (χ0v) is 21.5. The lowest BCUT2D eigenvalue weighted by Crippen LogP contribution is -2.41. The van der Waals surface area contributed by atoms with E-state index in [1.165, 1.54) is 25.4 Å². The van der Waals surface area contributed by atoms with Crippen LogP contribution < -0.4 is 0 Å². The van der Waals surface area contributed by atoms with Gasteiger partial charge in [-0.3, -0.25) is 18.3 Å². The van der Waals surface area contributed by atoms with E-state index in [4.69, 9.17) is 41.6 Å². The van der Waals surface area contributed by atoms with Gasteiger partial charge < -0.3 is 14.2 Å². The number of carbonyl (C=O) groups excluding carboxylic acids is 2. The molecule has 12 nitrogen and oxygen atoms in total. The van der Waals surface area contributed by atoms with Crippen LogP contribution in [-0.4, -0.2) is 64.8 Å². The molecule has 0 N–H and O–H groups in total. The Labute approximate surface area is 215 Å². The number of aryl methyl sites for hydroxylation is 1. The van der Waals surface area contributed by atoms with Crippen LogP contribution in [0.1, 0.15) is 25.6 Å². The average molecular weight is 559 g/mol. The second-order valence-electron chi connectivity index (χ2n) is 7.86. The second-order valence-corrected chi connectivity index (χ2v) is 10.1. The number of rotatable bonds is 7. The third-order valence-electron chi connectivity index (χ3n) is 5.22. The molecular formula is C21H20Cl2N4O8S. The van der Waals surface area contributed by atoms with Crippen molar-refractivity contribution in [1.82, 2.24) is 19.5 Å². The molecule has 4 rings (SSSR count). The summed E-state index contributed by atoms with van der Waals surface area (Å²) in [4.78, 5) is 35.5. The SMILES string of the molecule is CC(=O)OC[C@H]1O[C@@H](n2c(Cl)nc3ncnc-3c2Cl)[C@H](OC(C)=O)[C@H]1OS(=O)(=O)c1ccc(C)cc1. The molecule has 0 amide bonds. The molecule has 3 aliphatic heterocycles. The number of ether oxygens (including phenoxy) is 3. The molecule has 3 aliphatic rings. The zero-order chi connectivity index (χ0) is 26.2. The average Bonchev–Trinajstić information content (AvgIpc) is 3.38. The molecule has 1 aromatic carbocycles. The summed E-state index contributed by atoms with van der Waals surface area (Å²) in [6, 6.07) is 5.94. The molecule has 3 heterocycles. The molecular weight excluding hydrogens is 539 g/mol. The van der Waals surface area contributed by atoms with Crippen LogP contribution in [-0.2, 0) is 38.1 Å². The first-order valence-electron chi connectivity index (χ1n) is 10.5. The standard InChI is InChI=1S/C21H20Cl2N4O8S/c1-10-4-6-13(7-5-10)36(30,31)35-16-14(8-32-11(2)28)34-20(17(16)33-12(3)29)27-18(22)15-19(25-9-24-15)26-21(27)23/h4-7,9,14,16-17,20H,8H2,1-3H3/t14-,16+,17-,20-/m1/s1. The monoisotopic (exact) mass is 558 g/mol. The number of carbonyl (C=O) groups is 2. The van der Waals surface area contributed by atoms with Crippen molar-refractivity contribution in [3.05, 3.63) is 46.6 Å². The van der Waals surface area contributed by atoms with Crippen molar-refractivity contribution in [2.45, 2.75) is 50.2 Å². The maximum atomic E-state index is 13.1. The van der Waals surface area contributed by atoms with E-state index in [9.17, 15) is 18.0 Å². The van der Waals surface area contributed by atoms with Crippen LogP contribution in [0.25, 0.3) is 11.5 Å². The lowest BCUT2D eigenvalue weighted by molar-refractivity contribution is -0.155. The molecule has 0 bridgehead atoms. The predicted octanol–water partition coefficient (Wildman–Crippen LogP) is 2.56. The Bertz CT molecular complexity index is 1360. The van der Waals surface area contributed by atoms with Crippen LogP contribution in [0, 0.1) is 6.92 Å². The number of aromatic nitrogens is 4. The molecule has 36 heavy (non-hydrogen) atoms. The number of esters is 2. The summed E-state index contributed by atoms with van der Waals surface area (Å²) < 4.78 is 49.4. The maximum Gasteiger partial charge on any atom is 0.303 e. The van der Waals surface area contributed by atoms with E-state index in [2.05, 4.69) is 15.0 Å². The van der Waals surface area contributed by atoms with E-state index in [1.54, 1.807) is 19.1 Å². The fraction of sp³-hybridized carbons (Fsp3) is 0.381. The quantitative estimate of drug-likeness (QED) is 0.182. The topological polar surface area (TPSA) is 149 Å². The van der Waals surface area contributed by atoms with Crippen LogP contribution >= 0.6 is 23.2 Å². The Morgan fingerprint density at radius 1 is 1.08 bits per heavy atom. The minimum absolute atomic E-state index is 0.0575. The highest BCUT2D eigenvalue weighted by Crippen LogP contribution is 2.41. The molecule has 0 spiro atoms. The second kappa shape index (κ2) is 10.3. The van der Waals surface area contributed by atoms with Crippen molar-refractivity contribution in [2.75, 3.05) is 6.61 Å². The number of fused-ring (bicyclic) bond motifs is 1. The first kappa shape index (κ1) is 26.2. The van der Waals surface area contributed by atoms with Crippen molar-refractivity contribution < 1.29 is 36.4 Å². The van der Waals surface area contributed by atoms with Gasteiger partial charge in [-0.05, 0) is 30.7 Å². The summed E-state index contributed by atoms with van der Waals surface area (Å²) in [5.41, 5.74) is 1.02. The number of nitrogens with zero attached hydrogens (tertiary/aromatic N) is 4. The van der Waals surface area contributed by atoms with Gasteiger partial charge in [0.1, 0.15) is 36.0 Å². The van der Waals surface area contributed by atoms with Crippen LogP contribution in [0.3, 0.4) is 0 Å². The van der Waals surface area contributed by atoms with Crippen molar-refractivity contribution in [1.29, 1.82) is 0 Å². The van der Waals surface area contributed by atoms with Crippen LogP contribution in [0.4, 0.5) is 0 Å². The molecule has 0 radical (unpaired) electrons. The van der Waals surface area contributed by atoms with Gasteiger partial charge in [0.25, 0.3) is 10.1 Å². The molecule has 1 saturated heterocycles. The highest BCUT2D eigenvalue weighted by Gasteiger charge is 2.52. The smallest absolute Gasteiger partial charge is 0.303 e. The first-order valence-corrected chi connectivity index (χ1v) is 12.6. The predicted molar refractivity (Wildman–Crippen MR) is 124 cm³/mol. The zero-order valence-electron chi connectivity index (χ0n) is 19.1. The Balaban J connectivity index is 1.78. The number of benzene rings is 1. The molecule has 0 aromatic heterocycles. The van der Waals surface area contributed by atoms with Gasteiger partial charge in [0.2, 0.25) is 5.28 Å². The summed E-state index contributed by atoms with van der Waals surface area (Å²) in [7, 11) is -4.38. The van der Waals surface area contributed by atoms with E-state index in [0.717, 1.165) is 17.1 Å². The van der Waals surface area contributed by atoms with E-state index < -0.39 is 53.2 Å². The van der Waals surface area contributed by atoms with Gasteiger partial charge in [0.15, 0.2) is 18.2 Å². The van der Waals surface area contributed by atoms with Gasteiger partial charge in [-0.1, -0.05) is 29.3 Å². The van der Waals surface area contributed by atoms with Gasteiger partial charge in [-0.25, -0.2) is 9.97 Å². The highest BCUT2D eigenvalue weighted by atomic mass is 35.5. The molecule has 0 unspecified atom stereocenters. The van der Waals surface area contributed by atoms with Gasteiger partial charge in [0.05, 0.1) is 4.90 Å². The molecule has 15 heteroatoms. The van der Waals surface area contributed by atoms with Gasteiger partial charge in [-0.2, -0.15) is 13.4 Å². The highest BCUT2D eigenvalue weighted by molar-refractivity contribution is 7.86. The summed E-state index contributed by atoms with van der Waals surface area (Å²) in [5.74, 6) is -1.25. The number of hydrogen-bond donors (Lipinski definition) is 0. The minimum Gasteiger partial charge on any atom is -0.463 e. The number of halogens is 2. The van der Waals surface area contributed by atoms with E-state index in [-0.39, 0.29) is 26.9 Å². The van der Waals surface area contributed by atoms with Gasteiger partial charge in [-0.15, -0.1) is 0 Å². The lowest BCUT2D eigenvalue weighted by Gasteiger charge is -2.26. The van der Waals surface area contributed by atoms with Gasteiger partial charge in [0, 0.05) is 13.8 Å². The molecule has 1 aromatic rings. The van der Waals surface area contributed by atoms with E-state index >= 15 is 0 Å². The van der Waals surface area contributed by atoms with Crippen LogP contribution in [0.2, 0.25) is 10.4 Å². The molecule has 1 fully saturated rings. The fourth-order valence-corrected chi connectivity index (χ4v) is 5.35. The summed E-state index contributed by atoms with van der Waals surface area (Å²) in [5, 5.41) is -0.263. The first-order chi connectivity index (χ1) is 17.0. The minimum atomic E-state index is -4.38. The van der Waals surface area contributed by atoms with Gasteiger partial charge >= 0.3 is 11.9 Å². The number of imidazole rings is 1. The van der Waals surface area contributed by atoms with Crippen LogP contribution in [0.15, 0.2) is 35.5 Å². The van der Waals surface area contributed by atoms with Crippen molar-refractivity contribution in [3.8, 4) is 11.5 Å². The molecule has 192 valence electrons. The molecule has 0 aliphatic carbocycles. The Hall–Kier alpha value is -2.84. The van der Waals surface area contributed by atoms with E-state index in [0.29, 0.717) is 0 Å². The van der Waals surface area contributed by atoms with Crippen molar-refractivity contribution >= 4 is 45.3 Å². The Morgan fingerprint density at radius 2 is 1.78 bits per heavy atom. The summed E-state index contributed by atoms with van der Waals surface area (Å²) in [6.07, 6.45) is -4.14. The Kier molecular flexibility index (Phi) is 7.48. The third kappa shape index (κ3) is 5.30. The third-order valence-corrected chi connectivity index (χ3v) is 7.18. The van der Waals surface area contributed by atoms with Crippen molar-refractivity contribution in [2.24, 2.45) is 0 Å². The molecule has 0 saturated carbocycles. The molecule has 4 atom stereocenters.